The van der Waals surface area contributed by atoms with Crippen molar-refractivity contribution in [3.63, 3.8) is 0 Å². The second-order valence-corrected chi connectivity index (χ2v) is 10.8. The minimum absolute atomic E-state index is 0.0435. The lowest BCUT2D eigenvalue weighted by Crippen LogP contribution is -2.51. The number of fused-ring (bicyclic) bond motifs is 1. The van der Waals surface area contributed by atoms with E-state index in [1.165, 1.54) is 50.9 Å². The third-order valence-electron chi connectivity index (χ3n) is 8.39. The van der Waals surface area contributed by atoms with Crippen LogP contribution < -0.4 is 5.32 Å². The van der Waals surface area contributed by atoms with Gasteiger partial charge in [-0.3, -0.25) is 9.69 Å². The molecule has 4 fully saturated rings. The first-order valence-corrected chi connectivity index (χ1v) is 12.1. The van der Waals surface area contributed by atoms with Gasteiger partial charge in [-0.15, -0.1) is 0 Å². The van der Waals surface area contributed by atoms with Gasteiger partial charge < -0.3 is 5.32 Å². The lowest BCUT2D eigenvalue weighted by Gasteiger charge is -2.56. The molecule has 1 aliphatic heterocycles. The fourth-order valence-corrected chi connectivity index (χ4v) is 7.49. The van der Waals surface area contributed by atoms with Gasteiger partial charge in [0.25, 0.3) is 5.91 Å². The Bertz CT molecular complexity index is 1000. The highest BCUT2D eigenvalue weighted by Crippen LogP contribution is 2.59. The summed E-state index contributed by atoms with van der Waals surface area (Å²) >= 11 is 0. The van der Waals surface area contributed by atoms with Crippen molar-refractivity contribution in [1.82, 2.24) is 20.2 Å². The summed E-state index contributed by atoms with van der Waals surface area (Å²) in [5.41, 5.74) is 3.72. The van der Waals surface area contributed by atoms with E-state index in [0.717, 1.165) is 54.1 Å². The Morgan fingerprint density at radius 3 is 2.59 bits per heavy atom. The van der Waals surface area contributed by atoms with Crippen molar-refractivity contribution in [1.29, 1.82) is 0 Å². The van der Waals surface area contributed by atoms with Gasteiger partial charge in [-0.05, 0) is 85.8 Å². The molecule has 5 aliphatic rings. The van der Waals surface area contributed by atoms with Crippen LogP contribution in [0, 0.1) is 29.0 Å². The van der Waals surface area contributed by atoms with Crippen molar-refractivity contribution in [3.8, 4) is 0 Å². The van der Waals surface area contributed by atoms with Gasteiger partial charge in [-0.2, -0.15) is 0 Å². The number of hydrogen-bond acceptors (Lipinski definition) is 4. The summed E-state index contributed by atoms with van der Waals surface area (Å²) in [5.74, 6) is 2.40. The highest BCUT2D eigenvalue weighted by atomic mass is 19.1. The van der Waals surface area contributed by atoms with Crippen LogP contribution in [0.1, 0.15) is 65.8 Å². The first kappa shape index (κ1) is 20.3. The third-order valence-corrected chi connectivity index (χ3v) is 8.39. The summed E-state index contributed by atoms with van der Waals surface area (Å²) < 4.78 is 13.5. The van der Waals surface area contributed by atoms with Crippen molar-refractivity contribution in [2.45, 2.75) is 58.0 Å². The molecule has 32 heavy (non-hydrogen) atoms. The number of carbonyl (C=O) groups excluding carboxylic acids is 1. The molecule has 7 rings (SSSR count). The van der Waals surface area contributed by atoms with Crippen LogP contribution in [0.15, 0.2) is 30.6 Å². The van der Waals surface area contributed by atoms with Gasteiger partial charge >= 0.3 is 0 Å². The maximum atomic E-state index is 13.5. The van der Waals surface area contributed by atoms with Gasteiger partial charge in [0.1, 0.15) is 17.8 Å². The number of carbonyl (C=O) groups is 1. The average Bonchev–Trinajstić information content (AvgIpc) is 2.76. The Morgan fingerprint density at radius 1 is 1.12 bits per heavy atom. The van der Waals surface area contributed by atoms with Gasteiger partial charge in [-0.25, -0.2) is 14.4 Å². The highest BCUT2D eigenvalue weighted by Gasteiger charge is 2.50. The van der Waals surface area contributed by atoms with Crippen molar-refractivity contribution < 1.29 is 9.18 Å². The number of benzene rings is 1. The van der Waals surface area contributed by atoms with Crippen LogP contribution in [0.3, 0.4) is 0 Å². The van der Waals surface area contributed by atoms with Crippen LogP contribution >= 0.6 is 0 Å². The molecule has 1 aromatic heterocycles. The molecular weight excluding hydrogens is 403 g/mol. The predicted octanol–water partition coefficient (Wildman–Crippen LogP) is 4.12. The molecule has 4 aliphatic carbocycles. The smallest absolute Gasteiger partial charge is 0.270 e. The molecule has 2 heterocycles. The molecule has 4 bridgehead atoms. The molecule has 6 heteroatoms. The van der Waals surface area contributed by atoms with Crippen LogP contribution in [0.5, 0.6) is 0 Å². The van der Waals surface area contributed by atoms with Gasteiger partial charge in [-0.1, -0.05) is 12.1 Å². The van der Waals surface area contributed by atoms with Crippen molar-refractivity contribution in [3.05, 3.63) is 58.9 Å². The molecule has 0 radical (unpaired) electrons. The van der Waals surface area contributed by atoms with Gasteiger partial charge in [0.05, 0.1) is 5.69 Å². The lowest BCUT2D eigenvalue weighted by molar-refractivity contribution is -0.0503. The molecule has 0 spiro atoms. The van der Waals surface area contributed by atoms with E-state index in [-0.39, 0.29) is 11.7 Å². The standard InChI is InChI=1S/C26H31FN4O/c27-21-3-1-2-17(9-21)13-31-5-4-22-23(14-31)29-16-30-24(22)25(32)28-15-26-10-18-6-19(11-26)8-20(7-18)12-26/h1-3,9,16,18-20H,4-8,10-15H2,(H,28,32). The number of aromatic nitrogens is 2. The zero-order chi connectivity index (χ0) is 21.7. The lowest BCUT2D eigenvalue weighted by atomic mass is 9.49. The number of nitrogens with zero attached hydrogens (tertiary/aromatic N) is 3. The molecule has 1 N–H and O–H groups in total. The van der Waals surface area contributed by atoms with E-state index in [1.807, 2.05) is 6.07 Å². The number of rotatable bonds is 5. The molecular formula is C26H31FN4O. The fourth-order valence-electron chi connectivity index (χ4n) is 7.49. The summed E-state index contributed by atoms with van der Waals surface area (Å²) in [4.78, 5) is 24.3. The topological polar surface area (TPSA) is 58.1 Å². The van der Waals surface area contributed by atoms with Gasteiger partial charge in [0.15, 0.2) is 0 Å². The molecule has 1 aromatic carbocycles. The minimum atomic E-state index is -0.208. The monoisotopic (exact) mass is 434 g/mol. The fraction of sp³-hybridized carbons (Fsp3) is 0.577. The molecule has 168 valence electrons. The summed E-state index contributed by atoms with van der Waals surface area (Å²) in [7, 11) is 0. The molecule has 2 aromatic rings. The Hall–Kier alpha value is -2.34. The van der Waals surface area contributed by atoms with Crippen LogP contribution in [0.2, 0.25) is 0 Å². The maximum Gasteiger partial charge on any atom is 0.270 e. The second-order valence-electron chi connectivity index (χ2n) is 10.8. The highest BCUT2D eigenvalue weighted by molar-refractivity contribution is 5.94. The summed E-state index contributed by atoms with van der Waals surface area (Å²) in [6, 6.07) is 6.74. The Labute approximate surface area is 188 Å². The number of nitrogens with one attached hydrogen (secondary N) is 1. The molecule has 1 amide bonds. The van der Waals surface area contributed by atoms with Crippen molar-refractivity contribution in [2.24, 2.45) is 23.2 Å². The van der Waals surface area contributed by atoms with Crippen LogP contribution in [0.4, 0.5) is 4.39 Å². The van der Waals surface area contributed by atoms with Crippen LogP contribution in [-0.4, -0.2) is 33.9 Å². The van der Waals surface area contributed by atoms with E-state index in [0.29, 0.717) is 24.2 Å². The van der Waals surface area contributed by atoms with Crippen LogP contribution in [0.25, 0.3) is 0 Å². The normalized spacial score (nSPS) is 30.8. The summed E-state index contributed by atoms with van der Waals surface area (Å²) in [6.45, 7) is 2.93. The van der Waals surface area contributed by atoms with E-state index in [4.69, 9.17) is 0 Å². The number of amides is 1. The Balaban J connectivity index is 1.13. The first-order valence-electron chi connectivity index (χ1n) is 12.1. The van der Waals surface area contributed by atoms with Gasteiger partial charge in [0.2, 0.25) is 0 Å². The van der Waals surface area contributed by atoms with E-state index in [1.54, 1.807) is 12.1 Å². The Morgan fingerprint density at radius 2 is 1.88 bits per heavy atom. The van der Waals surface area contributed by atoms with Crippen LogP contribution in [-0.2, 0) is 19.5 Å². The van der Waals surface area contributed by atoms with E-state index in [9.17, 15) is 9.18 Å². The van der Waals surface area contributed by atoms with Crippen molar-refractivity contribution in [2.75, 3.05) is 13.1 Å². The summed E-state index contributed by atoms with van der Waals surface area (Å²) in [5, 5.41) is 3.28. The van der Waals surface area contributed by atoms with E-state index in [2.05, 4.69) is 20.2 Å². The first-order chi connectivity index (χ1) is 15.6. The minimum Gasteiger partial charge on any atom is -0.350 e. The molecule has 0 saturated heterocycles. The third kappa shape index (κ3) is 3.83. The SMILES string of the molecule is O=C(NCC12CC3CC(CC(C3)C1)C2)c1ncnc2c1CCN(Cc1cccc(F)c1)C2. The zero-order valence-electron chi connectivity index (χ0n) is 18.5. The Kier molecular flexibility index (Phi) is 5.01. The van der Waals surface area contributed by atoms with Crippen molar-refractivity contribution >= 4 is 5.91 Å². The second kappa shape index (κ2) is 7.91. The van der Waals surface area contributed by atoms with E-state index < -0.39 is 0 Å². The molecule has 5 nitrogen and oxygen atoms in total. The summed E-state index contributed by atoms with van der Waals surface area (Å²) in [6.07, 6.45) is 10.4. The molecule has 4 saturated carbocycles. The molecule has 0 atom stereocenters. The molecule has 0 unspecified atom stereocenters. The zero-order valence-corrected chi connectivity index (χ0v) is 18.5. The number of halogens is 1. The average molecular weight is 435 g/mol. The quantitative estimate of drug-likeness (QED) is 0.769. The van der Waals surface area contributed by atoms with Gasteiger partial charge in [0, 0.05) is 31.7 Å². The maximum absolute atomic E-state index is 13.5. The number of hydrogen-bond donors (Lipinski definition) is 1. The largest absolute Gasteiger partial charge is 0.350 e. The van der Waals surface area contributed by atoms with E-state index >= 15 is 0 Å². The predicted molar refractivity (Wildman–Crippen MR) is 119 cm³/mol.